The maximum Gasteiger partial charge on any atom is 1.00 e. The molecule has 0 atom stereocenters. The zero-order chi connectivity index (χ0) is 10.9. The number of aliphatic hydroxyl groups is 1. The van der Waals surface area contributed by atoms with Gasteiger partial charge >= 0.3 is 29.6 Å². The van der Waals surface area contributed by atoms with Crippen LogP contribution in [0.15, 0.2) is 30.6 Å². The van der Waals surface area contributed by atoms with Gasteiger partial charge in [-0.05, 0) is 18.6 Å². The number of hydrogen-bond donors (Lipinski definition) is 2. The van der Waals surface area contributed by atoms with E-state index in [0.29, 0.717) is 0 Å². The third kappa shape index (κ3) is 16.7. The molecule has 1 rings (SSSR count). The Morgan fingerprint density at radius 1 is 1.20 bits per heavy atom. The van der Waals surface area contributed by atoms with Gasteiger partial charge in [-0.1, -0.05) is 6.07 Å². The monoisotopic (exact) mass is 243 g/mol. The number of aliphatic hydroxyl groups excluding tert-OH is 1. The molecule has 15 heavy (non-hydrogen) atoms. The van der Waals surface area contributed by atoms with Crippen LogP contribution in [0, 0.1) is 0 Å². The average molecular weight is 243 g/mol. The van der Waals surface area contributed by atoms with Crippen LogP contribution in [0.4, 0.5) is 0 Å². The van der Waals surface area contributed by atoms with Crippen LogP contribution in [0.1, 0.15) is 7.85 Å². The minimum Gasteiger partial charge on any atom is -1.00 e. The molecule has 2 N–H and O–H groups in total. The molecule has 0 aliphatic carbocycles. The Morgan fingerprint density at radius 2 is 1.73 bits per heavy atom. The van der Waals surface area contributed by atoms with E-state index in [1.54, 1.807) is 12.4 Å². The van der Waals surface area contributed by atoms with Gasteiger partial charge in [-0.15, -0.1) is 0 Å². The zero-order valence-corrected chi connectivity index (χ0v) is 11.4. The molecule has 0 aliphatic rings. The maximum atomic E-state index is 9.83. The molecule has 82 valence electrons. The normalized spacial score (nSPS) is 9.47. The molecule has 0 unspecified atom stereocenters. The van der Waals surface area contributed by atoms with Crippen LogP contribution in [0.25, 0.3) is 0 Å². The van der Waals surface area contributed by atoms with Gasteiger partial charge in [-0.3, -0.25) is 9.54 Å². The summed E-state index contributed by atoms with van der Waals surface area (Å²) in [6.07, 6.45) is 3.60. The second-order valence-electron chi connectivity index (χ2n) is 2.39. The third-order valence-corrected chi connectivity index (χ3v) is 1.93. The van der Waals surface area contributed by atoms with Gasteiger partial charge in [-0.25, -0.2) is 0 Å². The number of rotatable bonds is 3. The van der Waals surface area contributed by atoms with Gasteiger partial charge in [0.05, 0.1) is 5.75 Å². The van der Waals surface area contributed by atoms with E-state index in [0.717, 1.165) is 0 Å². The number of aromatic nitrogens is 1. The van der Waals surface area contributed by atoms with Crippen LogP contribution in [0.2, 0.25) is 0 Å². The van der Waals surface area contributed by atoms with Gasteiger partial charge in [0, 0.05) is 19.0 Å². The molecule has 0 aromatic carbocycles. The van der Waals surface area contributed by atoms with Gasteiger partial charge < -0.3 is 6.53 Å². The molecular formula is C8H14NNaO4S. The summed E-state index contributed by atoms with van der Waals surface area (Å²) in [5.74, 6) is -0.358. The van der Waals surface area contributed by atoms with Crippen molar-refractivity contribution in [3.05, 3.63) is 30.6 Å². The van der Waals surface area contributed by atoms with Crippen molar-refractivity contribution >= 4 is 10.1 Å². The van der Waals surface area contributed by atoms with E-state index in [-0.39, 0.29) is 49.8 Å². The number of nitrogens with zero attached hydrogens (tertiary/aromatic N) is 1. The SMILES string of the molecule is O=S(=O)(O)CCCO.[H-].[Na+].c1ccncc1. The first kappa shape index (κ1) is 17.4. The number of hydrogen-bond acceptors (Lipinski definition) is 4. The summed E-state index contributed by atoms with van der Waals surface area (Å²) in [6.45, 7) is -0.209. The fraction of sp³-hybridized carbons (Fsp3) is 0.375. The molecule has 1 heterocycles. The summed E-state index contributed by atoms with van der Waals surface area (Å²) in [7, 11) is -3.85. The van der Waals surface area contributed by atoms with Gasteiger partial charge in [0.2, 0.25) is 0 Å². The fourth-order valence-corrected chi connectivity index (χ4v) is 1.05. The topological polar surface area (TPSA) is 87.5 Å². The molecule has 0 saturated heterocycles. The Balaban J connectivity index is -0.000000192. The Morgan fingerprint density at radius 3 is 1.87 bits per heavy atom. The van der Waals surface area contributed by atoms with Crippen LogP contribution >= 0.6 is 0 Å². The second kappa shape index (κ2) is 10.5. The van der Waals surface area contributed by atoms with Crippen molar-refractivity contribution in [2.45, 2.75) is 6.42 Å². The molecule has 7 heteroatoms. The number of pyridine rings is 1. The average Bonchev–Trinajstić information content (AvgIpc) is 2.17. The van der Waals surface area contributed by atoms with Gasteiger partial charge in [0.25, 0.3) is 10.1 Å². The van der Waals surface area contributed by atoms with Crippen molar-refractivity contribution in [2.75, 3.05) is 12.4 Å². The van der Waals surface area contributed by atoms with Crippen LogP contribution in [0.3, 0.4) is 0 Å². The van der Waals surface area contributed by atoms with E-state index >= 15 is 0 Å². The van der Waals surface area contributed by atoms with Crippen LogP contribution in [-0.4, -0.2) is 35.4 Å². The van der Waals surface area contributed by atoms with Crippen molar-refractivity contribution in [2.24, 2.45) is 0 Å². The van der Waals surface area contributed by atoms with E-state index in [9.17, 15) is 8.42 Å². The van der Waals surface area contributed by atoms with Crippen molar-refractivity contribution in [3.63, 3.8) is 0 Å². The third-order valence-electron chi connectivity index (χ3n) is 1.13. The molecule has 0 bridgehead atoms. The summed E-state index contributed by atoms with van der Waals surface area (Å²) in [5, 5.41) is 8.05. The summed E-state index contributed by atoms with van der Waals surface area (Å²) >= 11 is 0. The van der Waals surface area contributed by atoms with Crippen molar-refractivity contribution < 1.29 is 49.1 Å². The van der Waals surface area contributed by atoms with Crippen molar-refractivity contribution in [1.29, 1.82) is 0 Å². The van der Waals surface area contributed by atoms with Crippen LogP contribution in [-0.2, 0) is 10.1 Å². The summed E-state index contributed by atoms with van der Waals surface area (Å²) < 4.78 is 27.7. The molecule has 0 aliphatic heterocycles. The Bertz CT molecular complexity index is 295. The molecule has 0 saturated carbocycles. The van der Waals surface area contributed by atoms with Gasteiger partial charge in [-0.2, -0.15) is 8.42 Å². The Kier molecular flexibility index (Phi) is 12.2. The van der Waals surface area contributed by atoms with Gasteiger partial charge in [0.15, 0.2) is 0 Å². The molecule has 0 amide bonds. The molecular weight excluding hydrogens is 229 g/mol. The van der Waals surface area contributed by atoms with E-state index < -0.39 is 10.1 Å². The standard InChI is InChI=1S/C5H5N.C3H8O4S.Na.H/c1-2-4-6-5-3-1;4-2-1-3-8(5,6)7;;/h1-5H;4H,1-3H2,(H,5,6,7);;/q;;+1;-1. The molecule has 5 nitrogen and oxygen atoms in total. The maximum absolute atomic E-state index is 9.83. The Labute approximate surface area is 113 Å². The van der Waals surface area contributed by atoms with Crippen LogP contribution in [0.5, 0.6) is 0 Å². The van der Waals surface area contributed by atoms with E-state index in [4.69, 9.17) is 9.66 Å². The Hall–Kier alpha value is 0.0200. The smallest absolute Gasteiger partial charge is 1.00 e. The molecule has 0 radical (unpaired) electrons. The first-order chi connectivity index (χ1) is 6.56. The molecule has 0 spiro atoms. The molecule has 1 aromatic rings. The minimum absolute atomic E-state index is 0. The minimum atomic E-state index is -3.85. The fourth-order valence-electron chi connectivity index (χ4n) is 0.560. The molecule has 0 fully saturated rings. The second-order valence-corrected chi connectivity index (χ2v) is 3.96. The quantitative estimate of drug-likeness (QED) is 0.451. The van der Waals surface area contributed by atoms with Crippen LogP contribution < -0.4 is 29.6 Å². The summed E-state index contributed by atoms with van der Waals surface area (Å²) in [5.41, 5.74) is 0. The van der Waals surface area contributed by atoms with E-state index in [2.05, 4.69) is 4.98 Å². The van der Waals surface area contributed by atoms with E-state index in [1.807, 2.05) is 18.2 Å². The largest absolute Gasteiger partial charge is 1.00 e. The predicted octanol–water partition coefficient (Wildman–Crippen LogP) is -2.55. The summed E-state index contributed by atoms with van der Waals surface area (Å²) in [6, 6.07) is 5.72. The van der Waals surface area contributed by atoms with Crippen molar-refractivity contribution in [1.82, 2.24) is 4.98 Å². The first-order valence-corrected chi connectivity index (χ1v) is 5.58. The predicted molar refractivity (Wildman–Crippen MR) is 53.5 cm³/mol. The first-order valence-electron chi connectivity index (χ1n) is 3.97. The van der Waals surface area contributed by atoms with E-state index in [1.165, 1.54) is 0 Å². The molecule has 1 aromatic heterocycles. The van der Waals surface area contributed by atoms with Crippen molar-refractivity contribution in [3.8, 4) is 0 Å². The zero-order valence-electron chi connectivity index (χ0n) is 9.57. The van der Waals surface area contributed by atoms with Gasteiger partial charge in [0.1, 0.15) is 0 Å². The summed E-state index contributed by atoms with van der Waals surface area (Å²) in [4.78, 5) is 3.78.